The number of aromatic nitrogens is 3. The minimum Gasteiger partial charge on any atom is -0.507 e. The first-order valence-electron chi connectivity index (χ1n) is 8.67. The van der Waals surface area contributed by atoms with Gasteiger partial charge in [-0.3, -0.25) is 4.98 Å². The first-order valence-corrected chi connectivity index (χ1v) is 8.67. The fourth-order valence-corrected chi connectivity index (χ4v) is 2.95. The molecule has 0 aliphatic rings. The Morgan fingerprint density at radius 2 is 1.50 bits per heavy atom. The Morgan fingerprint density at radius 1 is 0.821 bits per heavy atom. The quantitative estimate of drug-likeness (QED) is 0.324. The number of benzene rings is 2. The fourth-order valence-electron chi connectivity index (χ4n) is 2.95. The van der Waals surface area contributed by atoms with Crippen molar-refractivity contribution in [2.24, 2.45) is 10.9 Å². The largest absolute Gasteiger partial charge is 0.507 e. The van der Waals surface area contributed by atoms with Crippen molar-refractivity contribution in [3.05, 3.63) is 84.7 Å². The first-order chi connectivity index (χ1) is 13.8. The van der Waals surface area contributed by atoms with Crippen molar-refractivity contribution < 1.29 is 5.11 Å². The van der Waals surface area contributed by atoms with E-state index in [1.54, 1.807) is 24.5 Å². The highest BCUT2D eigenvalue weighted by Gasteiger charge is 2.14. The molecule has 28 heavy (non-hydrogen) atoms. The van der Waals surface area contributed by atoms with Crippen LogP contribution in [0.3, 0.4) is 0 Å². The molecular formula is C22H17N5O. The van der Waals surface area contributed by atoms with Gasteiger partial charge in [0.1, 0.15) is 5.75 Å². The molecule has 0 spiro atoms. The van der Waals surface area contributed by atoms with E-state index in [1.807, 2.05) is 54.6 Å². The van der Waals surface area contributed by atoms with Gasteiger partial charge in [0.25, 0.3) is 0 Å². The molecule has 4 rings (SSSR count). The van der Waals surface area contributed by atoms with Crippen molar-refractivity contribution in [3.63, 3.8) is 0 Å². The van der Waals surface area contributed by atoms with Gasteiger partial charge in [-0.25, -0.2) is 9.97 Å². The van der Waals surface area contributed by atoms with Gasteiger partial charge in [-0.15, -0.1) is 0 Å². The zero-order valence-electron chi connectivity index (χ0n) is 14.9. The van der Waals surface area contributed by atoms with E-state index in [1.165, 1.54) is 6.21 Å². The Labute approximate surface area is 162 Å². The van der Waals surface area contributed by atoms with Crippen LogP contribution in [0.5, 0.6) is 5.75 Å². The lowest BCUT2D eigenvalue weighted by Crippen LogP contribution is -1.99. The molecule has 0 atom stereocenters. The highest BCUT2D eigenvalue weighted by Crippen LogP contribution is 2.31. The van der Waals surface area contributed by atoms with Gasteiger partial charge in [0.15, 0.2) is 5.82 Å². The van der Waals surface area contributed by atoms with Crippen LogP contribution in [0.4, 0.5) is 0 Å². The van der Waals surface area contributed by atoms with Crippen LogP contribution in [0, 0.1) is 0 Å². The molecule has 3 N–H and O–H groups in total. The third-order valence-electron chi connectivity index (χ3n) is 4.30. The Bertz CT molecular complexity index is 1070. The van der Waals surface area contributed by atoms with E-state index >= 15 is 0 Å². The Kier molecular flexibility index (Phi) is 4.76. The number of hydrogen-bond acceptors (Lipinski definition) is 6. The second kappa shape index (κ2) is 7.67. The predicted octanol–water partition coefficient (Wildman–Crippen LogP) is 3.87. The smallest absolute Gasteiger partial charge is 0.161 e. The summed E-state index contributed by atoms with van der Waals surface area (Å²) in [5.74, 6) is 5.86. The molecule has 0 aliphatic carbocycles. The standard InChI is InChI=1S/C22H17N5O/c23-25-14-18-17(7-4-8-21(18)28)22-26-19(15-5-2-1-3-6-15)13-20(27-22)16-9-11-24-12-10-16/h1-14,28H,23H2. The third-order valence-corrected chi connectivity index (χ3v) is 4.30. The van der Waals surface area contributed by atoms with E-state index in [2.05, 4.69) is 10.1 Å². The lowest BCUT2D eigenvalue weighted by atomic mass is 10.0. The van der Waals surface area contributed by atoms with Gasteiger partial charge in [0.2, 0.25) is 0 Å². The average Bonchev–Trinajstić information content (AvgIpc) is 2.76. The van der Waals surface area contributed by atoms with E-state index in [9.17, 15) is 5.11 Å². The zero-order valence-corrected chi connectivity index (χ0v) is 14.9. The number of hydrogen-bond donors (Lipinski definition) is 2. The molecule has 0 unspecified atom stereocenters. The zero-order chi connectivity index (χ0) is 19.3. The number of aromatic hydroxyl groups is 1. The highest BCUT2D eigenvalue weighted by atomic mass is 16.3. The second-order valence-corrected chi connectivity index (χ2v) is 6.08. The molecule has 0 aliphatic heterocycles. The van der Waals surface area contributed by atoms with Crippen LogP contribution < -0.4 is 5.84 Å². The van der Waals surface area contributed by atoms with E-state index in [-0.39, 0.29) is 5.75 Å². The van der Waals surface area contributed by atoms with Gasteiger partial charge < -0.3 is 10.9 Å². The summed E-state index contributed by atoms with van der Waals surface area (Å²) in [4.78, 5) is 13.5. The molecule has 136 valence electrons. The maximum absolute atomic E-state index is 10.2. The van der Waals surface area contributed by atoms with Crippen molar-refractivity contribution in [1.82, 2.24) is 15.0 Å². The van der Waals surface area contributed by atoms with Crippen molar-refractivity contribution in [2.75, 3.05) is 0 Å². The molecule has 2 aromatic carbocycles. The van der Waals surface area contributed by atoms with Crippen LogP contribution in [0.15, 0.2) is 84.2 Å². The molecule has 0 radical (unpaired) electrons. The molecule has 2 aromatic heterocycles. The van der Waals surface area contributed by atoms with Crippen LogP contribution in [-0.2, 0) is 0 Å². The van der Waals surface area contributed by atoms with Gasteiger partial charge in [-0.2, -0.15) is 5.10 Å². The summed E-state index contributed by atoms with van der Waals surface area (Å²) < 4.78 is 0. The molecule has 4 aromatic rings. The van der Waals surface area contributed by atoms with E-state index in [4.69, 9.17) is 15.8 Å². The monoisotopic (exact) mass is 367 g/mol. The summed E-state index contributed by atoms with van der Waals surface area (Å²) in [7, 11) is 0. The summed E-state index contributed by atoms with van der Waals surface area (Å²) in [5.41, 5.74) is 4.53. The Balaban J connectivity index is 1.97. The number of phenolic OH excluding ortho intramolecular Hbond substituents is 1. The van der Waals surface area contributed by atoms with Crippen LogP contribution in [0.2, 0.25) is 0 Å². The molecule has 6 nitrogen and oxygen atoms in total. The van der Waals surface area contributed by atoms with Crippen LogP contribution in [0.1, 0.15) is 5.56 Å². The number of nitrogens with zero attached hydrogens (tertiary/aromatic N) is 4. The third kappa shape index (κ3) is 3.43. The maximum Gasteiger partial charge on any atom is 0.161 e. The van der Waals surface area contributed by atoms with Gasteiger partial charge >= 0.3 is 0 Å². The normalized spacial score (nSPS) is 11.0. The first kappa shape index (κ1) is 17.4. The molecule has 6 heteroatoms. The number of rotatable bonds is 4. The van der Waals surface area contributed by atoms with Gasteiger partial charge in [-0.05, 0) is 24.3 Å². The Hall–Kier alpha value is -4.06. The van der Waals surface area contributed by atoms with Gasteiger partial charge in [0.05, 0.1) is 17.6 Å². The van der Waals surface area contributed by atoms with Crippen LogP contribution in [-0.4, -0.2) is 26.3 Å². The van der Waals surface area contributed by atoms with Crippen molar-refractivity contribution in [1.29, 1.82) is 0 Å². The van der Waals surface area contributed by atoms with Crippen molar-refractivity contribution >= 4 is 6.21 Å². The van der Waals surface area contributed by atoms with Crippen molar-refractivity contribution in [2.45, 2.75) is 0 Å². The average molecular weight is 367 g/mol. The molecule has 0 fully saturated rings. The molecule has 2 heterocycles. The molecule has 0 bridgehead atoms. The molecule has 0 saturated carbocycles. The highest BCUT2D eigenvalue weighted by molar-refractivity contribution is 5.92. The summed E-state index contributed by atoms with van der Waals surface area (Å²) in [6.07, 6.45) is 4.84. The topological polar surface area (TPSA) is 97.3 Å². The van der Waals surface area contributed by atoms with E-state index in [0.717, 1.165) is 22.5 Å². The molecular weight excluding hydrogens is 350 g/mol. The van der Waals surface area contributed by atoms with Gasteiger partial charge in [0, 0.05) is 34.6 Å². The maximum atomic E-state index is 10.2. The molecule has 0 saturated heterocycles. The van der Waals surface area contributed by atoms with E-state index < -0.39 is 0 Å². The number of nitrogens with two attached hydrogens (primary N) is 1. The van der Waals surface area contributed by atoms with Crippen LogP contribution in [0.25, 0.3) is 33.9 Å². The number of pyridine rings is 1. The van der Waals surface area contributed by atoms with E-state index in [0.29, 0.717) is 17.0 Å². The molecule has 0 amide bonds. The SMILES string of the molecule is NN=Cc1c(O)cccc1-c1nc(-c2ccccc2)cc(-c2ccncc2)n1. The lowest BCUT2D eigenvalue weighted by molar-refractivity contribution is 0.474. The Morgan fingerprint density at radius 3 is 2.18 bits per heavy atom. The van der Waals surface area contributed by atoms with Crippen LogP contribution >= 0.6 is 0 Å². The second-order valence-electron chi connectivity index (χ2n) is 6.08. The minimum absolute atomic E-state index is 0.0610. The summed E-state index contributed by atoms with van der Waals surface area (Å²) in [6.45, 7) is 0. The number of phenols is 1. The predicted molar refractivity (Wildman–Crippen MR) is 110 cm³/mol. The fraction of sp³-hybridized carbons (Fsp3) is 0. The summed E-state index contributed by atoms with van der Waals surface area (Å²) in [6, 6.07) is 20.7. The minimum atomic E-state index is 0.0610. The summed E-state index contributed by atoms with van der Waals surface area (Å²) in [5, 5.41) is 13.8. The van der Waals surface area contributed by atoms with Crippen molar-refractivity contribution in [3.8, 4) is 39.7 Å². The lowest BCUT2D eigenvalue weighted by Gasteiger charge is -2.11. The summed E-state index contributed by atoms with van der Waals surface area (Å²) >= 11 is 0. The number of hydrazone groups is 1. The van der Waals surface area contributed by atoms with Gasteiger partial charge in [-0.1, -0.05) is 42.5 Å².